The molecule has 0 spiro atoms. The van der Waals surface area contributed by atoms with E-state index in [4.69, 9.17) is 5.73 Å². The van der Waals surface area contributed by atoms with Crippen LogP contribution in [-0.4, -0.2) is 15.6 Å². The van der Waals surface area contributed by atoms with E-state index in [0.29, 0.717) is 12.2 Å². The Kier molecular flexibility index (Phi) is 5.63. The molecule has 0 unspecified atom stereocenters. The van der Waals surface area contributed by atoms with Crippen LogP contribution < -0.4 is 16.4 Å². The van der Waals surface area contributed by atoms with E-state index in [1.807, 2.05) is 55.8 Å². The fourth-order valence-electron chi connectivity index (χ4n) is 2.43. The molecule has 0 bridgehead atoms. The van der Waals surface area contributed by atoms with E-state index in [1.165, 1.54) is 0 Å². The monoisotopic (exact) mass is 327 g/mol. The maximum Gasteiger partial charge on any atom is 0.319 e. The Morgan fingerprint density at radius 1 is 1.33 bits per heavy atom. The Morgan fingerprint density at radius 3 is 2.58 bits per heavy atom. The maximum atomic E-state index is 12.3. The summed E-state index contributed by atoms with van der Waals surface area (Å²) in [5.41, 5.74) is 8.14. The van der Waals surface area contributed by atoms with Crippen LogP contribution in [0.5, 0.6) is 0 Å². The second kappa shape index (κ2) is 7.68. The SMILES string of the molecule is C=C(N)Cn1ccnc1[C@@H](NC(=O)Nc1ccc(C)cc1)C(C)C. The molecule has 1 atom stereocenters. The average molecular weight is 327 g/mol. The number of nitrogens with two attached hydrogens (primary N) is 1. The lowest BCUT2D eigenvalue weighted by Gasteiger charge is -2.23. The summed E-state index contributed by atoms with van der Waals surface area (Å²) < 4.78 is 1.90. The lowest BCUT2D eigenvalue weighted by atomic mass is 10.0. The van der Waals surface area contributed by atoms with Gasteiger partial charge in [-0.2, -0.15) is 0 Å². The summed E-state index contributed by atoms with van der Waals surface area (Å²) >= 11 is 0. The number of nitrogens with zero attached hydrogens (tertiary/aromatic N) is 2. The number of nitrogens with one attached hydrogen (secondary N) is 2. The number of benzene rings is 1. The molecule has 24 heavy (non-hydrogen) atoms. The molecular weight excluding hydrogens is 302 g/mol. The normalized spacial score (nSPS) is 12.0. The molecule has 2 amide bonds. The molecule has 1 aromatic heterocycles. The molecule has 4 N–H and O–H groups in total. The van der Waals surface area contributed by atoms with Crippen LogP contribution in [0.1, 0.15) is 31.3 Å². The third-order valence-electron chi connectivity index (χ3n) is 3.66. The van der Waals surface area contributed by atoms with E-state index >= 15 is 0 Å². The minimum absolute atomic E-state index is 0.168. The summed E-state index contributed by atoms with van der Waals surface area (Å²) in [5.74, 6) is 0.927. The fraction of sp³-hybridized carbons (Fsp3) is 0.333. The largest absolute Gasteiger partial charge is 0.401 e. The third-order valence-corrected chi connectivity index (χ3v) is 3.66. The highest BCUT2D eigenvalue weighted by Gasteiger charge is 2.23. The molecule has 0 aliphatic rings. The van der Waals surface area contributed by atoms with Crippen molar-refractivity contribution in [3.05, 3.63) is 60.3 Å². The van der Waals surface area contributed by atoms with Crippen molar-refractivity contribution in [2.45, 2.75) is 33.4 Å². The lowest BCUT2D eigenvalue weighted by Crippen LogP contribution is -2.36. The third kappa shape index (κ3) is 4.62. The number of anilines is 1. The van der Waals surface area contributed by atoms with Crippen LogP contribution in [0.4, 0.5) is 10.5 Å². The molecule has 2 aromatic rings. The van der Waals surface area contributed by atoms with Gasteiger partial charge in [-0.25, -0.2) is 9.78 Å². The Hall–Kier alpha value is -2.76. The lowest BCUT2D eigenvalue weighted by molar-refractivity contribution is 0.243. The fourth-order valence-corrected chi connectivity index (χ4v) is 2.43. The quantitative estimate of drug-likeness (QED) is 0.762. The van der Waals surface area contributed by atoms with E-state index in [9.17, 15) is 4.79 Å². The minimum Gasteiger partial charge on any atom is -0.401 e. The Labute approximate surface area is 142 Å². The Bertz CT molecular complexity index is 702. The number of hydrogen-bond donors (Lipinski definition) is 3. The first-order chi connectivity index (χ1) is 11.4. The number of carbonyl (C=O) groups excluding carboxylic acids is 1. The van der Waals surface area contributed by atoms with Crippen LogP contribution in [0, 0.1) is 12.8 Å². The van der Waals surface area contributed by atoms with Crippen molar-refractivity contribution in [1.29, 1.82) is 0 Å². The summed E-state index contributed by atoms with van der Waals surface area (Å²) in [4.78, 5) is 16.7. The molecule has 1 heterocycles. The predicted molar refractivity (Wildman–Crippen MR) is 96.5 cm³/mol. The van der Waals surface area contributed by atoms with Crippen LogP contribution in [0.15, 0.2) is 48.9 Å². The summed E-state index contributed by atoms with van der Waals surface area (Å²) in [6, 6.07) is 7.16. The Morgan fingerprint density at radius 2 is 2.00 bits per heavy atom. The summed E-state index contributed by atoms with van der Waals surface area (Å²) in [6.45, 7) is 10.3. The van der Waals surface area contributed by atoms with E-state index in [0.717, 1.165) is 17.1 Å². The van der Waals surface area contributed by atoms with Gasteiger partial charge in [0.1, 0.15) is 5.82 Å². The molecule has 6 nitrogen and oxygen atoms in total. The summed E-state index contributed by atoms with van der Waals surface area (Å²) in [7, 11) is 0. The van der Waals surface area contributed by atoms with E-state index in [2.05, 4.69) is 22.2 Å². The van der Waals surface area contributed by atoms with E-state index in [1.54, 1.807) is 6.20 Å². The average Bonchev–Trinajstić information content (AvgIpc) is 2.94. The van der Waals surface area contributed by atoms with Crippen molar-refractivity contribution in [2.75, 3.05) is 5.32 Å². The van der Waals surface area contributed by atoms with Crippen LogP contribution in [-0.2, 0) is 6.54 Å². The van der Waals surface area contributed by atoms with Gasteiger partial charge in [0.05, 0.1) is 12.6 Å². The van der Waals surface area contributed by atoms with Gasteiger partial charge in [0.2, 0.25) is 0 Å². The molecular formula is C18H25N5O. The van der Waals surface area contributed by atoms with Gasteiger partial charge in [0.25, 0.3) is 0 Å². The molecule has 0 aliphatic heterocycles. The highest BCUT2D eigenvalue weighted by atomic mass is 16.2. The number of imidazole rings is 1. The van der Waals surface area contributed by atoms with Crippen LogP contribution in [0.3, 0.4) is 0 Å². The summed E-state index contributed by atoms with van der Waals surface area (Å²) in [6.07, 6.45) is 3.54. The highest BCUT2D eigenvalue weighted by Crippen LogP contribution is 2.21. The Balaban J connectivity index is 2.11. The zero-order valence-corrected chi connectivity index (χ0v) is 14.4. The molecule has 0 aliphatic carbocycles. The van der Waals surface area contributed by atoms with Crippen LogP contribution >= 0.6 is 0 Å². The number of allylic oxidation sites excluding steroid dienone is 1. The van der Waals surface area contributed by atoms with Gasteiger partial charge in [-0.3, -0.25) is 0 Å². The van der Waals surface area contributed by atoms with Crippen molar-refractivity contribution in [3.8, 4) is 0 Å². The number of aromatic nitrogens is 2. The molecule has 0 saturated heterocycles. The second-order valence-corrected chi connectivity index (χ2v) is 6.26. The van der Waals surface area contributed by atoms with Gasteiger partial charge in [-0.05, 0) is 25.0 Å². The first kappa shape index (κ1) is 17.6. The zero-order valence-electron chi connectivity index (χ0n) is 14.4. The minimum atomic E-state index is -0.265. The number of hydrogen-bond acceptors (Lipinski definition) is 3. The molecule has 0 fully saturated rings. The number of carbonyl (C=O) groups is 1. The van der Waals surface area contributed by atoms with Crippen LogP contribution in [0.25, 0.3) is 0 Å². The van der Waals surface area contributed by atoms with Gasteiger partial charge in [0.15, 0.2) is 0 Å². The van der Waals surface area contributed by atoms with Crippen molar-refractivity contribution >= 4 is 11.7 Å². The first-order valence-electron chi connectivity index (χ1n) is 7.95. The number of urea groups is 1. The van der Waals surface area contributed by atoms with Crippen molar-refractivity contribution in [1.82, 2.24) is 14.9 Å². The highest BCUT2D eigenvalue weighted by molar-refractivity contribution is 5.89. The van der Waals surface area contributed by atoms with Crippen molar-refractivity contribution < 1.29 is 4.79 Å². The van der Waals surface area contributed by atoms with Crippen LogP contribution in [0.2, 0.25) is 0 Å². The van der Waals surface area contributed by atoms with Gasteiger partial charge in [0, 0.05) is 23.8 Å². The van der Waals surface area contributed by atoms with Gasteiger partial charge in [-0.15, -0.1) is 0 Å². The van der Waals surface area contributed by atoms with Crippen molar-refractivity contribution in [3.63, 3.8) is 0 Å². The molecule has 1 aromatic carbocycles. The van der Waals surface area contributed by atoms with Gasteiger partial charge < -0.3 is 20.9 Å². The topological polar surface area (TPSA) is 85.0 Å². The van der Waals surface area contributed by atoms with Gasteiger partial charge in [-0.1, -0.05) is 38.1 Å². The molecule has 2 rings (SSSR count). The number of aryl methyl sites for hydroxylation is 1. The van der Waals surface area contributed by atoms with Crippen molar-refractivity contribution in [2.24, 2.45) is 11.7 Å². The molecule has 0 radical (unpaired) electrons. The van der Waals surface area contributed by atoms with Gasteiger partial charge >= 0.3 is 6.03 Å². The maximum absolute atomic E-state index is 12.3. The second-order valence-electron chi connectivity index (χ2n) is 6.26. The zero-order chi connectivity index (χ0) is 17.7. The number of rotatable bonds is 6. The molecule has 6 heteroatoms. The first-order valence-corrected chi connectivity index (χ1v) is 7.95. The molecule has 128 valence electrons. The molecule has 0 saturated carbocycles. The number of amides is 2. The smallest absolute Gasteiger partial charge is 0.319 e. The summed E-state index contributed by atoms with van der Waals surface area (Å²) in [5, 5.41) is 5.84. The van der Waals surface area contributed by atoms with E-state index < -0.39 is 0 Å². The van der Waals surface area contributed by atoms with E-state index in [-0.39, 0.29) is 18.0 Å². The standard InChI is InChI=1S/C18H25N5O/c1-12(2)16(17-20-9-10-23(17)11-14(4)19)22-18(24)21-15-7-5-13(3)6-8-15/h5-10,12,16H,4,11,19H2,1-3H3,(H2,21,22,24)/t16-/m0/s1. The predicted octanol–water partition coefficient (Wildman–Crippen LogP) is 3.18.